The van der Waals surface area contributed by atoms with Gasteiger partial charge in [0.25, 0.3) is 0 Å². The van der Waals surface area contributed by atoms with Crippen LogP contribution in [-0.2, 0) is 20.8 Å². The van der Waals surface area contributed by atoms with E-state index in [1.807, 2.05) is 0 Å². The fourth-order valence-electron chi connectivity index (χ4n) is 3.68. The molecule has 0 spiro atoms. The lowest BCUT2D eigenvalue weighted by atomic mass is 9.92. The molecule has 0 radical (unpaired) electrons. The van der Waals surface area contributed by atoms with Crippen molar-refractivity contribution in [3.05, 3.63) is 108 Å². The molecular formula is C29H27NO7S2. The Labute approximate surface area is 234 Å². The van der Waals surface area contributed by atoms with Gasteiger partial charge in [-0.25, -0.2) is 4.79 Å². The first-order valence-electron chi connectivity index (χ1n) is 12.0. The maximum Gasteiger partial charge on any atom is 0.326 e. The summed E-state index contributed by atoms with van der Waals surface area (Å²) < 4.78 is 0. The lowest BCUT2D eigenvalue weighted by Crippen LogP contribution is -2.47. The van der Waals surface area contributed by atoms with E-state index in [2.05, 4.69) is 5.32 Å². The lowest BCUT2D eigenvalue weighted by molar-refractivity contribution is -0.145. The summed E-state index contributed by atoms with van der Waals surface area (Å²) in [6.07, 6.45) is -0.271. The average Bonchev–Trinajstić information content (AvgIpc) is 2.95. The van der Waals surface area contributed by atoms with Crippen LogP contribution in [0.3, 0.4) is 0 Å². The van der Waals surface area contributed by atoms with E-state index in [1.54, 1.807) is 91.0 Å². The first-order chi connectivity index (χ1) is 18.7. The molecule has 0 aliphatic carbocycles. The Balaban J connectivity index is 1.75. The van der Waals surface area contributed by atoms with Gasteiger partial charge in [0.1, 0.15) is 11.3 Å². The molecule has 8 nitrogen and oxygen atoms in total. The molecule has 0 saturated carbocycles. The summed E-state index contributed by atoms with van der Waals surface area (Å²) >= 11 is 1.54. The van der Waals surface area contributed by atoms with Crippen LogP contribution < -0.4 is 5.32 Å². The minimum absolute atomic E-state index is 0.0852. The summed E-state index contributed by atoms with van der Waals surface area (Å²) in [5.41, 5.74) is 1.50. The van der Waals surface area contributed by atoms with Crippen LogP contribution in [0.15, 0.2) is 91.0 Å². The van der Waals surface area contributed by atoms with Gasteiger partial charge in [0.2, 0.25) is 16.1 Å². The number of thioether (sulfide) groups is 2. The largest absolute Gasteiger partial charge is 0.481 e. The molecule has 2 unspecified atom stereocenters. The standard InChI is InChI=1S/C29H27NO7S2/c31-25(30-23(27(34)35)17-22(26(32)33)16-19-10-4-1-5-11-19)24(39-29(37)21-14-8-3-9-15-21)18-38-28(36)20-12-6-2-7-13-20/h1-15,22-24H,16-18H2,(H,30,31)(H,32,33)(H,34,35)/t22?,23-,24?/m0/s1. The smallest absolute Gasteiger partial charge is 0.326 e. The Kier molecular flexibility index (Phi) is 11.3. The average molecular weight is 566 g/mol. The molecule has 0 aliphatic rings. The van der Waals surface area contributed by atoms with Crippen LogP contribution in [0, 0.1) is 5.92 Å². The van der Waals surface area contributed by atoms with Crippen molar-refractivity contribution in [2.45, 2.75) is 24.1 Å². The zero-order valence-corrected chi connectivity index (χ0v) is 22.4. The lowest BCUT2D eigenvalue weighted by Gasteiger charge is -2.22. The Morgan fingerprint density at radius 2 is 1.21 bits per heavy atom. The highest BCUT2D eigenvalue weighted by atomic mass is 32.2. The highest BCUT2D eigenvalue weighted by Gasteiger charge is 2.32. The molecule has 0 saturated heterocycles. The van der Waals surface area contributed by atoms with Crippen LogP contribution >= 0.6 is 23.5 Å². The normalized spacial score (nSPS) is 13.0. The summed E-state index contributed by atoms with van der Waals surface area (Å²) in [5, 5.41) is 20.1. The second-order valence-corrected chi connectivity index (χ2v) is 10.8. The zero-order chi connectivity index (χ0) is 28.2. The summed E-state index contributed by atoms with van der Waals surface area (Å²) in [6.45, 7) is 0. The number of hydrogen-bond acceptors (Lipinski definition) is 7. The van der Waals surface area contributed by atoms with Crippen molar-refractivity contribution in [1.82, 2.24) is 5.32 Å². The van der Waals surface area contributed by atoms with E-state index in [4.69, 9.17) is 0 Å². The Hall–Kier alpha value is -3.89. The van der Waals surface area contributed by atoms with Gasteiger partial charge in [-0.2, -0.15) is 0 Å². The van der Waals surface area contributed by atoms with Gasteiger partial charge in [0.15, 0.2) is 0 Å². The van der Waals surface area contributed by atoms with Crippen molar-refractivity contribution in [3.63, 3.8) is 0 Å². The molecule has 3 aromatic rings. The number of hydrogen-bond donors (Lipinski definition) is 3. The van der Waals surface area contributed by atoms with Crippen molar-refractivity contribution in [3.8, 4) is 0 Å². The molecule has 0 aliphatic heterocycles. The fraction of sp³-hybridized carbons (Fsp3) is 0.207. The number of nitrogens with one attached hydrogen (secondary N) is 1. The Morgan fingerprint density at radius 3 is 1.72 bits per heavy atom. The zero-order valence-electron chi connectivity index (χ0n) is 20.8. The summed E-state index contributed by atoms with van der Waals surface area (Å²) in [4.78, 5) is 62.7. The predicted octanol–water partition coefficient (Wildman–Crippen LogP) is 4.41. The first kappa shape index (κ1) is 29.7. The molecule has 3 N–H and O–H groups in total. The second-order valence-electron chi connectivity index (χ2n) is 8.58. The van der Waals surface area contributed by atoms with Gasteiger partial charge in [-0.1, -0.05) is 115 Å². The van der Waals surface area contributed by atoms with E-state index < -0.39 is 40.2 Å². The van der Waals surface area contributed by atoms with Gasteiger partial charge in [0.05, 0.1) is 5.92 Å². The van der Waals surface area contributed by atoms with E-state index in [-0.39, 0.29) is 23.7 Å². The van der Waals surface area contributed by atoms with Crippen molar-refractivity contribution < 1.29 is 34.2 Å². The summed E-state index contributed by atoms with van der Waals surface area (Å²) in [6, 6.07) is 24.0. The van der Waals surface area contributed by atoms with Crippen LogP contribution in [0.1, 0.15) is 32.7 Å². The molecule has 3 aromatic carbocycles. The van der Waals surface area contributed by atoms with Crippen LogP contribution in [0.2, 0.25) is 0 Å². The van der Waals surface area contributed by atoms with Crippen molar-refractivity contribution >= 4 is 51.6 Å². The minimum atomic E-state index is -1.51. The second kappa shape index (κ2) is 14.9. The predicted molar refractivity (Wildman–Crippen MR) is 151 cm³/mol. The number of carboxylic acid groups (broad SMARTS) is 2. The third-order valence-electron chi connectivity index (χ3n) is 5.74. The highest BCUT2D eigenvalue weighted by molar-refractivity contribution is 8.18. The van der Waals surface area contributed by atoms with Gasteiger partial charge >= 0.3 is 11.9 Å². The molecule has 0 fully saturated rings. The number of aliphatic carboxylic acids is 2. The van der Waals surface area contributed by atoms with Crippen LogP contribution in [-0.4, -0.2) is 55.3 Å². The van der Waals surface area contributed by atoms with Gasteiger partial charge in [-0.3, -0.25) is 19.2 Å². The van der Waals surface area contributed by atoms with Gasteiger partial charge in [-0.15, -0.1) is 0 Å². The quantitative estimate of drug-likeness (QED) is 0.275. The van der Waals surface area contributed by atoms with E-state index in [0.717, 1.165) is 17.3 Å². The third kappa shape index (κ3) is 9.42. The van der Waals surface area contributed by atoms with Crippen molar-refractivity contribution in [2.75, 3.05) is 5.75 Å². The first-order valence-corrected chi connectivity index (χ1v) is 13.9. The third-order valence-corrected chi connectivity index (χ3v) is 8.06. The molecule has 10 heteroatoms. The van der Waals surface area contributed by atoms with E-state index in [0.29, 0.717) is 22.9 Å². The van der Waals surface area contributed by atoms with Gasteiger partial charge < -0.3 is 15.5 Å². The number of carbonyl (C=O) groups excluding carboxylic acids is 3. The number of carboxylic acids is 2. The minimum Gasteiger partial charge on any atom is -0.481 e. The number of amides is 1. The van der Waals surface area contributed by atoms with E-state index >= 15 is 0 Å². The fourth-order valence-corrected chi connectivity index (χ4v) is 5.62. The van der Waals surface area contributed by atoms with E-state index in [1.165, 1.54) is 0 Å². The number of benzene rings is 3. The number of rotatable bonds is 13. The topological polar surface area (TPSA) is 138 Å². The van der Waals surface area contributed by atoms with Crippen LogP contribution in [0.4, 0.5) is 0 Å². The SMILES string of the molecule is O=C(SCC(SC(=O)c1ccccc1)C(=O)N[C@@H](CC(Cc1ccccc1)C(=O)O)C(=O)O)c1ccccc1. The molecule has 3 atom stereocenters. The van der Waals surface area contributed by atoms with Crippen molar-refractivity contribution in [2.24, 2.45) is 5.92 Å². The maximum atomic E-state index is 13.3. The molecular weight excluding hydrogens is 538 g/mol. The Morgan fingerprint density at radius 1 is 0.692 bits per heavy atom. The number of carbonyl (C=O) groups is 5. The van der Waals surface area contributed by atoms with Crippen LogP contribution in [0.5, 0.6) is 0 Å². The molecule has 39 heavy (non-hydrogen) atoms. The van der Waals surface area contributed by atoms with Crippen molar-refractivity contribution in [1.29, 1.82) is 0 Å². The molecule has 0 heterocycles. The molecule has 0 bridgehead atoms. The molecule has 0 aromatic heterocycles. The van der Waals surface area contributed by atoms with E-state index in [9.17, 15) is 34.2 Å². The monoisotopic (exact) mass is 565 g/mol. The maximum absolute atomic E-state index is 13.3. The Bertz CT molecular complexity index is 1290. The van der Waals surface area contributed by atoms with Crippen LogP contribution in [0.25, 0.3) is 0 Å². The summed E-state index contributed by atoms with van der Waals surface area (Å²) in [7, 11) is 0. The van der Waals surface area contributed by atoms with Gasteiger partial charge in [0, 0.05) is 16.9 Å². The highest BCUT2D eigenvalue weighted by Crippen LogP contribution is 2.25. The summed E-state index contributed by atoms with van der Waals surface area (Å²) in [5.74, 6) is -4.52. The van der Waals surface area contributed by atoms with Gasteiger partial charge in [-0.05, 0) is 18.4 Å². The molecule has 3 rings (SSSR count). The molecule has 1 amide bonds. The molecule has 202 valence electrons.